The van der Waals surface area contributed by atoms with Gasteiger partial charge in [0, 0.05) is 11.6 Å². The number of amidine groups is 1. The molecule has 0 spiro atoms. The van der Waals surface area contributed by atoms with E-state index in [0.29, 0.717) is 33.0 Å². The highest BCUT2D eigenvalue weighted by molar-refractivity contribution is 6.43. The summed E-state index contributed by atoms with van der Waals surface area (Å²) < 4.78 is 5.60. The Balaban J connectivity index is 2.08. The molecule has 0 heterocycles. The number of rotatable bonds is 4. The van der Waals surface area contributed by atoms with E-state index in [-0.39, 0.29) is 5.84 Å². The van der Waals surface area contributed by atoms with E-state index in [2.05, 4.69) is 5.16 Å². The molecule has 4 nitrogen and oxygen atoms in total. The highest BCUT2D eigenvalue weighted by Crippen LogP contribution is 2.34. The molecule has 7 heteroatoms. The van der Waals surface area contributed by atoms with Crippen molar-refractivity contribution in [3.8, 4) is 5.75 Å². The Hall–Kier alpha value is -1.62. The van der Waals surface area contributed by atoms with Gasteiger partial charge in [-0.1, -0.05) is 64.2 Å². The molecular formula is C14H11Cl3N2O2. The van der Waals surface area contributed by atoms with Crippen molar-refractivity contribution in [1.29, 1.82) is 0 Å². The number of nitrogens with zero attached hydrogens (tertiary/aromatic N) is 1. The van der Waals surface area contributed by atoms with E-state index in [0.717, 1.165) is 5.56 Å². The van der Waals surface area contributed by atoms with Gasteiger partial charge in [-0.25, -0.2) is 0 Å². The molecule has 0 aliphatic heterocycles. The van der Waals surface area contributed by atoms with Gasteiger partial charge in [-0.3, -0.25) is 0 Å². The summed E-state index contributed by atoms with van der Waals surface area (Å²) in [6.07, 6.45) is 0. The lowest BCUT2D eigenvalue weighted by Gasteiger charge is -2.10. The topological polar surface area (TPSA) is 67.8 Å². The van der Waals surface area contributed by atoms with Crippen LogP contribution in [0.1, 0.15) is 11.1 Å². The van der Waals surface area contributed by atoms with Crippen molar-refractivity contribution in [2.24, 2.45) is 10.9 Å². The van der Waals surface area contributed by atoms with E-state index in [9.17, 15) is 0 Å². The number of oxime groups is 1. The monoisotopic (exact) mass is 344 g/mol. The van der Waals surface area contributed by atoms with E-state index in [1.54, 1.807) is 30.3 Å². The van der Waals surface area contributed by atoms with Crippen molar-refractivity contribution < 1.29 is 9.94 Å². The maximum atomic E-state index is 8.59. The number of hydrogen-bond donors (Lipinski definition) is 2. The fourth-order valence-electron chi connectivity index (χ4n) is 1.61. The van der Waals surface area contributed by atoms with Gasteiger partial charge in [0.05, 0.1) is 15.1 Å². The number of ether oxygens (including phenoxy) is 1. The molecule has 2 rings (SSSR count). The molecule has 2 aromatic carbocycles. The quantitative estimate of drug-likeness (QED) is 0.285. The molecule has 0 aliphatic rings. The van der Waals surface area contributed by atoms with Crippen LogP contribution in [0.5, 0.6) is 5.75 Å². The minimum Gasteiger partial charge on any atom is -0.487 e. The van der Waals surface area contributed by atoms with Crippen LogP contribution in [-0.2, 0) is 6.61 Å². The molecular weight excluding hydrogens is 335 g/mol. The Morgan fingerprint density at radius 1 is 1.05 bits per heavy atom. The van der Waals surface area contributed by atoms with E-state index in [4.69, 9.17) is 50.5 Å². The lowest BCUT2D eigenvalue weighted by Crippen LogP contribution is -2.12. The Bertz CT molecular complexity index is 673. The Labute approximate surface area is 136 Å². The second-order valence-electron chi connectivity index (χ2n) is 4.17. The molecule has 110 valence electrons. The van der Waals surface area contributed by atoms with Crippen molar-refractivity contribution in [3.63, 3.8) is 0 Å². The van der Waals surface area contributed by atoms with E-state index in [1.165, 1.54) is 6.07 Å². The predicted octanol–water partition coefficient (Wildman–Crippen LogP) is 4.32. The summed E-state index contributed by atoms with van der Waals surface area (Å²) in [5, 5.41) is 12.7. The van der Waals surface area contributed by atoms with Gasteiger partial charge in [0.15, 0.2) is 5.84 Å². The number of benzene rings is 2. The molecule has 0 saturated heterocycles. The highest BCUT2D eigenvalue weighted by atomic mass is 35.5. The van der Waals surface area contributed by atoms with Crippen molar-refractivity contribution in [3.05, 3.63) is 62.6 Å². The van der Waals surface area contributed by atoms with Crippen molar-refractivity contribution in [1.82, 2.24) is 0 Å². The zero-order valence-electron chi connectivity index (χ0n) is 10.7. The summed E-state index contributed by atoms with van der Waals surface area (Å²) in [5.41, 5.74) is 7.00. The molecule has 3 N–H and O–H groups in total. The van der Waals surface area contributed by atoms with Crippen LogP contribution in [-0.4, -0.2) is 11.0 Å². The highest BCUT2D eigenvalue weighted by Gasteiger charge is 2.07. The average molecular weight is 346 g/mol. The van der Waals surface area contributed by atoms with Crippen LogP contribution >= 0.6 is 34.8 Å². The number of nitrogens with two attached hydrogens (primary N) is 1. The van der Waals surface area contributed by atoms with Crippen molar-refractivity contribution in [2.45, 2.75) is 6.61 Å². The Morgan fingerprint density at radius 2 is 1.67 bits per heavy atom. The van der Waals surface area contributed by atoms with Crippen LogP contribution in [0.3, 0.4) is 0 Å². The molecule has 21 heavy (non-hydrogen) atoms. The normalized spacial score (nSPS) is 11.5. The third kappa shape index (κ3) is 3.94. The summed E-state index contributed by atoms with van der Waals surface area (Å²) in [6.45, 7) is 0.300. The lowest BCUT2D eigenvalue weighted by atomic mass is 10.1. The summed E-state index contributed by atoms with van der Waals surface area (Å²) >= 11 is 17.8. The second kappa shape index (κ2) is 6.89. The molecule has 0 fully saturated rings. The average Bonchev–Trinajstić information content (AvgIpc) is 2.49. The van der Waals surface area contributed by atoms with Gasteiger partial charge in [0.1, 0.15) is 12.4 Å². The fourth-order valence-corrected chi connectivity index (χ4v) is 2.20. The first-order valence-corrected chi connectivity index (χ1v) is 6.99. The third-order valence-electron chi connectivity index (χ3n) is 2.73. The fraction of sp³-hybridized carbons (Fsp3) is 0.0714. The first-order chi connectivity index (χ1) is 10.0. The van der Waals surface area contributed by atoms with Gasteiger partial charge in [-0.05, 0) is 11.6 Å². The van der Waals surface area contributed by atoms with Crippen LogP contribution in [0.15, 0.2) is 41.6 Å². The maximum Gasteiger partial charge on any atom is 0.170 e. The van der Waals surface area contributed by atoms with Gasteiger partial charge in [0.25, 0.3) is 0 Å². The summed E-state index contributed by atoms with van der Waals surface area (Å²) in [5.74, 6) is 0.501. The van der Waals surface area contributed by atoms with Crippen LogP contribution in [0.2, 0.25) is 15.1 Å². The predicted molar refractivity (Wildman–Crippen MR) is 84.8 cm³/mol. The number of halogens is 3. The molecule has 0 radical (unpaired) electrons. The van der Waals surface area contributed by atoms with Crippen LogP contribution in [0.4, 0.5) is 0 Å². The van der Waals surface area contributed by atoms with Crippen LogP contribution in [0.25, 0.3) is 0 Å². The largest absolute Gasteiger partial charge is 0.487 e. The van der Waals surface area contributed by atoms with Gasteiger partial charge in [-0.15, -0.1) is 0 Å². The zero-order chi connectivity index (χ0) is 15.4. The van der Waals surface area contributed by atoms with Gasteiger partial charge >= 0.3 is 0 Å². The molecule has 0 amide bonds. The van der Waals surface area contributed by atoms with Gasteiger partial charge < -0.3 is 15.7 Å². The first-order valence-electron chi connectivity index (χ1n) is 5.85. The van der Waals surface area contributed by atoms with E-state index < -0.39 is 0 Å². The SMILES string of the molecule is N/C(=N\O)c1ccc(COc2cc(Cl)c(Cl)cc2Cl)cc1. The second-order valence-corrected chi connectivity index (χ2v) is 5.39. The zero-order valence-corrected chi connectivity index (χ0v) is 13.0. The molecule has 0 atom stereocenters. The third-order valence-corrected chi connectivity index (χ3v) is 3.74. The first kappa shape index (κ1) is 15.8. The van der Waals surface area contributed by atoms with E-state index in [1.807, 2.05) is 0 Å². The summed E-state index contributed by atoms with van der Waals surface area (Å²) in [4.78, 5) is 0. The van der Waals surface area contributed by atoms with Gasteiger partial charge in [0.2, 0.25) is 0 Å². The smallest absolute Gasteiger partial charge is 0.170 e. The summed E-state index contributed by atoms with van der Waals surface area (Å²) in [6, 6.07) is 10.2. The Kier molecular flexibility index (Phi) is 5.17. The van der Waals surface area contributed by atoms with Crippen LogP contribution in [0, 0.1) is 0 Å². The maximum absolute atomic E-state index is 8.59. The molecule has 0 saturated carbocycles. The summed E-state index contributed by atoms with van der Waals surface area (Å²) in [7, 11) is 0. The molecule has 2 aromatic rings. The van der Waals surface area contributed by atoms with Gasteiger partial charge in [-0.2, -0.15) is 0 Å². The standard InChI is InChI=1S/C14H11Cl3N2O2/c15-10-5-12(17)13(6-11(10)16)21-7-8-1-3-9(4-2-8)14(18)19-20/h1-6,20H,7H2,(H2,18,19). The van der Waals surface area contributed by atoms with E-state index >= 15 is 0 Å². The van der Waals surface area contributed by atoms with Crippen molar-refractivity contribution >= 4 is 40.6 Å². The minimum atomic E-state index is 0.0509. The Morgan fingerprint density at radius 3 is 2.29 bits per heavy atom. The minimum absolute atomic E-state index is 0.0509. The molecule has 0 bridgehead atoms. The molecule has 0 aliphatic carbocycles. The molecule has 0 aromatic heterocycles. The van der Waals surface area contributed by atoms with Crippen molar-refractivity contribution in [2.75, 3.05) is 0 Å². The number of hydrogen-bond acceptors (Lipinski definition) is 3. The molecule has 0 unspecified atom stereocenters. The lowest BCUT2D eigenvalue weighted by molar-refractivity contribution is 0.306. The van der Waals surface area contributed by atoms with Crippen LogP contribution < -0.4 is 10.5 Å².